The van der Waals surface area contributed by atoms with Crippen molar-refractivity contribution in [3.63, 3.8) is 0 Å². The highest BCUT2D eigenvalue weighted by Gasteiger charge is 2.43. The third kappa shape index (κ3) is 4.87. The van der Waals surface area contributed by atoms with Crippen LogP contribution in [0, 0.1) is 5.82 Å². The van der Waals surface area contributed by atoms with Crippen molar-refractivity contribution in [3.05, 3.63) is 51.9 Å². The van der Waals surface area contributed by atoms with E-state index in [4.69, 9.17) is 33.7 Å². The lowest BCUT2D eigenvalue weighted by molar-refractivity contribution is -0.135. The SMILES string of the molecule is CC(C)(Oc1cc(Cl)c(F)cc1Cl)C(=O)NC1CC2CCC(C1)N2c1ccc(C(N)=O)cn1. The molecule has 33 heavy (non-hydrogen) atoms. The van der Waals surface area contributed by atoms with Gasteiger partial charge in [-0.25, -0.2) is 9.37 Å². The van der Waals surface area contributed by atoms with Crippen molar-refractivity contribution in [3.8, 4) is 5.75 Å². The molecular weight excluding hydrogens is 470 g/mol. The lowest BCUT2D eigenvalue weighted by Crippen LogP contribution is -2.55. The number of piperidine rings is 1. The molecule has 2 bridgehead atoms. The summed E-state index contributed by atoms with van der Waals surface area (Å²) in [6.45, 7) is 3.26. The molecule has 2 aliphatic heterocycles. The lowest BCUT2D eigenvalue weighted by atomic mass is 9.96. The third-order valence-corrected chi connectivity index (χ3v) is 6.84. The Labute approximate surface area is 201 Å². The van der Waals surface area contributed by atoms with Crippen molar-refractivity contribution < 1.29 is 18.7 Å². The van der Waals surface area contributed by atoms with Crippen LogP contribution in [-0.2, 0) is 4.79 Å². The van der Waals surface area contributed by atoms with Crippen LogP contribution in [0.5, 0.6) is 5.75 Å². The molecule has 0 spiro atoms. The Kier molecular flexibility index (Phi) is 6.42. The molecule has 3 N–H and O–H groups in total. The van der Waals surface area contributed by atoms with Crippen molar-refractivity contribution >= 4 is 40.8 Å². The second-order valence-corrected chi connectivity index (χ2v) is 9.83. The number of nitrogens with one attached hydrogen (secondary N) is 1. The molecule has 2 saturated heterocycles. The van der Waals surface area contributed by atoms with Crippen LogP contribution >= 0.6 is 23.2 Å². The van der Waals surface area contributed by atoms with Crippen LogP contribution in [0.2, 0.25) is 10.0 Å². The van der Waals surface area contributed by atoms with Crippen molar-refractivity contribution in [2.45, 2.75) is 63.3 Å². The number of hydrogen-bond donors (Lipinski definition) is 2. The molecule has 2 unspecified atom stereocenters. The van der Waals surface area contributed by atoms with Gasteiger partial charge in [0.1, 0.15) is 17.4 Å². The van der Waals surface area contributed by atoms with Crippen molar-refractivity contribution in [2.24, 2.45) is 5.73 Å². The molecule has 1 aromatic heterocycles. The van der Waals surface area contributed by atoms with Gasteiger partial charge in [-0.15, -0.1) is 0 Å². The summed E-state index contributed by atoms with van der Waals surface area (Å²) in [6.07, 6.45) is 5.03. The Morgan fingerprint density at radius 1 is 1.18 bits per heavy atom. The number of halogens is 3. The first-order valence-electron chi connectivity index (χ1n) is 10.7. The predicted molar refractivity (Wildman–Crippen MR) is 124 cm³/mol. The topological polar surface area (TPSA) is 97.5 Å². The summed E-state index contributed by atoms with van der Waals surface area (Å²) in [4.78, 5) is 31.0. The van der Waals surface area contributed by atoms with Gasteiger partial charge in [-0.3, -0.25) is 9.59 Å². The number of hydrogen-bond acceptors (Lipinski definition) is 5. The van der Waals surface area contributed by atoms with Crippen LogP contribution in [0.4, 0.5) is 10.2 Å². The smallest absolute Gasteiger partial charge is 0.263 e. The van der Waals surface area contributed by atoms with Crippen molar-refractivity contribution in [1.82, 2.24) is 10.3 Å². The van der Waals surface area contributed by atoms with Gasteiger partial charge in [0.05, 0.1) is 15.6 Å². The number of rotatable bonds is 6. The third-order valence-electron chi connectivity index (χ3n) is 6.25. The lowest BCUT2D eigenvalue weighted by Gasteiger charge is -2.40. The van der Waals surface area contributed by atoms with Crippen LogP contribution in [0.15, 0.2) is 30.5 Å². The Balaban J connectivity index is 1.41. The molecule has 10 heteroatoms. The highest BCUT2D eigenvalue weighted by Crippen LogP contribution is 2.39. The van der Waals surface area contributed by atoms with Gasteiger partial charge in [-0.05, 0) is 57.7 Å². The average Bonchev–Trinajstić information content (AvgIpc) is 3.02. The van der Waals surface area contributed by atoms with E-state index in [0.29, 0.717) is 5.56 Å². The second kappa shape index (κ2) is 8.99. The number of amides is 2. The van der Waals surface area contributed by atoms with Gasteiger partial charge in [0.15, 0.2) is 5.60 Å². The number of nitrogens with two attached hydrogens (primary N) is 1. The van der Waals surface area contributed by atoms with E-state index in [1.165, 1.54) is 12.3 Å². The van der Waals surface area contributed by atoms with Gasteiger partial charge in [-0.1, -0.05) is 23.2 Å². The average molecular weight is 495 g/mol. The molecule has 0 radical (unpaired) electrons. The Hall–Kier alpha value is -2.58. The van der Waals surface area contributed by atoms with Gasteiger partial charge < -0.3 is 20.7 Å². The van der Waals surface area contributed by atoms with E-state index in [-0.39, 0.29) is 39.8 Å². The number of nitrogens with zero attached hydrogens (tertiary/aromatic N) is 2. The van der Waals surface area contributed by atoms with Gasteiger partial charge in [0.25, 0.3) is 5.91 Å². The number of aromatic nitrogens is 1. The quantitative estimate of drug-likeness (QED) is 0.589. The molecular formula is C23H25Cl2FN4O3. The van der Waals surface area contributed by atoms with Crippen LogP contribution in [0.1, 0.15) is 49.9 Å². The molecule has 176 valence electrons. The minimum absolute atomic E-state index is 0.0219. The fourth-order valence-electron chi connectivity index (χ4n) is 4.62. The molecule has 7 nitrogen and oxygen atoms in total. The summed E-state index contributed by atoms with van der Waals surface area (Å²) in [7, 11) is 0. The number of carbonyl (C=O) groups excluding carboxylic acids is 2. The molecule has 1 aromatic carbocycles. The maximum Gasteiger partial charge on any atom is 0.263 e. The Morgan fingerprint density at radius 3 is 2.42 bits per heavy atom. The number of primary amides is 1. The normalized spacial score (nSPS) is 22.2. The first-order chi connectivity index (χ1) is 15.5. The van der Waals surface area contributed by atoms with Gasteiger partial charge >= 0.3 is 0 Å². The number of benzene rings is 1. The summed E-state index contributed by atoms with van der Waals surface area (Å²) < 4.78 is 19.4. The summed E-state index contributed by atoms with van der Waals surface area (Å²) in [5.74, 6) is -0.502. The van der Waals surface area contributed by atoms with Crippen LogP contribution in [0.25, 0.3) is 0 Å². The monoisotopic (exact) mass is 494 g/mol. The van der Waals surface area contributed by atoms with Crippen molar-refractivity contribution in [2.75, 3.05) is 4.90 Å². The number of ether oxygens (including phenoxy) is 1. The fraction of sp³-hybridized carbons (Fsp3) is 0.435. The first kappa shape index (κ1) is 23.6. The Bertz CT molecular complexity index is 1070. The zero-order valence-electron chi connectivity index (χ0n) is 18.3. The van der Waals surface area contributed by atoms with E-state index in [1.54, 1.807) is 19.9 Å². The molecule has 4 rings (SSSR count). The highest BCUT2D eigenvalue weighted by atomic mass is 35.5. The highest BCUT2D eigenvalue weighted by molar-refractivity contribution is 6.34. The van der Waals surface area contributed by atoms with E-state index in [9.17, 15) is 14.0 Å². The minimum Gasteiger partial charge on any atom is -0.476 e. The first-order valence-corrected chi connectivity index (χ1v) is 11.5. The maximum atomic E-state index is 13.6. The molecule has 2 amide bonds. The summed E-state index contributed by atoms with van der Waals surface area (Å²) >= 11 is 11.9. The Morgan fingerprint density at radius 2 is 1.85 bits per heavy atom. The van der Waals surface area contributed by atoms with Crippen LogP contribution in [0.3, 0.4) is 0 Å². The predicted octanol–water partition coefficient (Wildman–Crippen LogP) is 4.10. The molecule has 0 aliphatic carbocycles. The number of pyridine rings is 1. The molecule has 2 fully saturated rings. The molecule has 0 saturated carbocycles. The summed E-state index contributed by atoms with van der Waals surface area (Å²) in [5, 5.41) is 3.01. The van der Waals surface area contributed by atoms with Gasteiger partial charge in [0, 0.05) is 30.4 Å². The van der Waals surface area contributed by atoms with E-state index in [1.807, 2.05) is 6.07 Å². The van der Waals surface area contributed by atoms with Crippen LogP contribution < -0.4 is 20.7 Å². The van der Waals surface area contributed by atoms with E-state index in [2.05, 4.69) is 15.2 Å². The zero-order valence-corrected chi connectivity index (χ0v) is 19.8. The van der Waals surface area contributed by atoms with Crippen molar-refractivity contribution in [1.29, 1.82) is 0 Å². The number of carbonyl (C=O) groups is 2. The standard InChI is InChI=1S/C23H25Cl2FN4O3/c1-23(2,33-19-10-16(24)18(26)9-17(19)25)22(32)29-13-7-14-4-5-15(8-13)30(14)20-6-3-12(11-28-20)21(27)31/h3,6,9-11,13-15H,4-5,7-8H2,1-2H3,(H2,27,31)(H,29,32). The maximum absolute atomic E-state index is 13.6. The van der Waals surface area contributed by atoms with Crippen LogP contribution in [-0.4, -0.2) is 40.5 Å². The van der Waals surface area contributed by atoms with E-state index >= 15 is 0 Å². The zero-order chi connectivity index (χ0) is 23.9. The molecule has 3 heterocycles. The molecule has 2 aliphatic rings. The second-order valence-electron chi connectivity index (χ2n) is 9.01. The number of anilines is 1. The van der Waals surface area contributed by atoms with Gasteiger partial charge in [0.2, 0.25) is 5.91 Å². The number of fused-ring (bicyclic) bond motifs is 2. The summed E-state index contributed by atoms with van der Waals surface area (Å²) in [5.41, 5.74) is 4.44. The van der Waals surface area contributed by atoms with Gasteiger partial charge in [-0.2, -0.15) is 0 Å². The van der Waals surface area contributed by atoms with E-state index < -0.39 is 17.3 Å². The largest absolute Gasteiger partial charge is 0.476 e. The minimum atomic E-state index is -1.24. The van der Waals surface area contributed by atoms with E-state index in [0.717, 1.165) is 37.6 Å². The fourth-order valence-corrected chi connectivity index (χ4v) is 4.96. The summed E-state index contributed by atoms with van der Waals surface area (Å²) in [6, 6.07) is 6.27. The molecule has 2 aromatic rings. The molecule has 2 atom stereocenters.